The van der Waals surface area contributed by atoms with Gasteiger partial charge in [-0.1, -0.05) is 36.0 Å². The predicted molar refractivity (Wildman–Crippen MR) is 114 cm³/mol. The summed E-state index contributed by atoms with van der Waals surface area (Å²) in [6.45, 7) is 2.94. The molecule has 166 valence electrons. The van der Waals surface area contributed by atoms with Crippen molar-refractivity contribution in [2.45, 2.75) is 42.5 Å². The molecule has 2 heterocycles. The van der Waals surface area contributed by atoms with Gasteiger partial charge in [0, 0.05) is 15.4 Å². The fourth-order valence-corrected chi connectivity index (χ4v) is 5.04. The fourth-order valence-electron chi connectivity index (χ4n) is 3.71. The van der Waals surface area contributed by atoms with Crippen LogP contribution in [0, 0.1) is 13.8 Å². The molecule has 3 aromatic rings. The Bertz CT molecular complexity index is 1230. The molecule has 1 amide bonds. The molecule has 2 aromatic carbocycles. The minimum absolute atomic E-state index is 0.498. The number of amides is 1. The molecule has 32 heavy (non-hydrogen) atoms. The third kappa shape index (κ3) is 4.05. The van der Waals surface area contributed by atoms with Crippen molar-refractivity contribution in [2.24, 2.45) is 0 Å². The number of halogens is 3. The van der Waals surface area contributed by atoms with E-state index in [1.807, 2.05) is 50.2 Å². The molecule has 0 radical (unpaired) electrons. The normalized spacial score (nSPS) is 13.4. The number of H-pyrrole nitrogens is 1. The highest BCUT2D eigenvalue weighted by Crippen LogP contribution is 2.45. The molecule has 4 rings (SSSR count). The lowest BCUT2D eigenvalue weighted by Crippen LogP contribution is -2.35. The number of aromatic nitrogens is 1. The molecule has 5 nitrogen and oxygen atoms in total. The summed E-state index contributed by atoms with van der Waals surface area (Å²) in [6.07, 6.45) is -4.86. The number of alkyl halides is 3. The summed E-state index contributed by atoms with van der Waals surface area (Å²) in [5.41, 5.74) is 0.138. The molecule has 1 aliphatic heterocycles. The molecule has 0 fully saturated rings. The highest BCUT2D eigenvalue weighted by molar-refractivity contribution is 7.99. The molecule has 0 unspecified atom stereocenters. The summed E-state index contributed by atoms with van der Waals surface area (Å²) >= 11 is 1.57. The second kappa shape index (κ2) is 8.14. The number of aliphatic hydroxyl groups excluding tert-OH is 1. The lowest BCUT2D eigenvalue weighted by atomic mass is 9.95. The first-order valence-electron chi connectivity index (χ1n) is 9.72. The Kier molecular flexibility index (Phi) is 5.64. The van der Waals surface area contributed by atoms with Crippen molar-refractivity contribution in [2.75, 3.05) is 0 Å². The Morgan fingerprint density at radius 3 is 2.12 bits per heavy atom. The Balaban J connectivity index is 1.77. The van der Waals surface area contributed by atoms with E-state index in [0.29, 0.717) is 0 Å². The van der Waals surface area contributed by atoms with E-state index in [-0.39, 0.29) is 0 Å². The lowest BCUT2D eigenvalue weighted by Gasteiger charge is -2.29. The molecular formula is C23H19F3N2O3S. The zero-order valence-corrected chi connectivity index (χ0v) is 17.9. The van der Waals surface area contributed by atoms with Crippen LogP contribution < -0.4 is 10.9 Å². The Morgan fingerprint density at radius 2 is 1.62 bits per heavy atom. The second-order valence-corrected chi connectivity index (χ2v) is 8.74. The number of pyridine rings is 1. The maximum Gasteiger partial charge on any atom is 0.431 e. The first kappa shape index (κ1) is 22.2. The number of hydrogen-bond donors (Lipinski definition) is 3. The van der Waals surface area contributed by atoms with Gasteiger partial charge in [-0.2, -0.15) is 13.2 Å². The predicted octanol–water partition coefficient (Wildman–Crippen LogP) is 4.49. The first-order chi connectivity index (χ1) is 15.1. The van der Waals surface area contributed by atoms with Crippen molar-refractivity contribution in [3.05, 3.63) is 91.9 Å². The Morgan fingerprint density at radius 1 is 1.06 bits per heavy atom. The molecule has 0 spiro atoms. The highest BCUT2D eigenvalue weighted by atomic mass is 32.2. The zero-order valence-electron chi connectivity index (χ0n) is 17.1. The zero-order chi connectivity index (χ0) is 23.2. The van der Waals surface area contributed by atoms with Crippen LogP contribution in [0.1, 0.15) is 49.9 Å². The van der Waals surface area contributed by atoms with Crippen molar-refractivity contribution in [3.8, 4) is 0 Å². The second-order valence-electron chi connectivity index (χ2n) is 7.66. The molecule has 0 saturated carbocycles. The number of aromatic amines is 1. The van der Waals surface area contributed by atoms with E-state index in [4.69, 9.17) is 0 Å². The maximum atomic E-state index is 13.1. The monoisotopic (exact) mass is 460 g/mol. The largest absolute Gasteiger partial charge is 0.431 e. The third-order valence-corrected chi connectivity index (χ3v) is 6.42. The van der Waals surface area contributed by atoms with Gasteiger partial charge in [-0.05, 0) is 54.3 Å². The van der Waals surface area contributed by atoms with Crippen LogP contribution in [0.5, 0.6) is 0 Å². The number of rotatable bonds is 3. The quantitative estimate of drug-likeness (QED) is 0.538. The Labute approximate surface area is 185 Å². The first-order valence-corrected chi connectivity index (χ1v) is 10.5. The molecule has 1 aliphatic rings. The van der Waals surface area contributed by atoms with Crippen molar-refractivity contribution < 1.29 is 23.1 Å². The average Bonchev–Trinajstić information content (AvgIpc) is 2.72. The molecule has 0 bridgehead atoms. The van der Waals surface area contributed by atoms with Gasteiger partial charge in [0.05, 0.1) is 12.6 Å². The highest BCUT2D eigenvalue weighted by Gasteiger charge is 2.36. The number of aryl methyl sites for hydroxylation is 2. The molecular weight excluding hydrogens is 441 g/mol. The number of nitrogens with one attached hydrogen (secondary N) is 2. The van der Waals surface area contributed by atoms with Gasteiger partial charge < -0.3 is 15.4 Å². The molecule has 9 heteroatoms. The van der Waals surface area contributed by atoms with E-state index in [9.17, 15) is 27.9 Å². The molecule has 3 N–H and O–H groups in total. The van der Waals surface area contributed by atoms with Crippen LogP contribution in [0.4, 0.5) is 13.2 Å². The minimum Gasteiger partial charge on any atom is -0.392 e. The van der Waals surface area contributed by atoms with Crippen LogP contribution in [0.25, 0.3) is 0 Å². The number of aliphatic hydroxyl groups is 1. The molecule has 0 atom stereocenters. The smallest absolute Gasteiger partial charge is 0.392 e. The van der Waals surface area contributed by atoms with Gasteiger partial charge in [-0.3, -0.25) is 9.59 Å². The Hall–Kier alpha value is -3.04. The van der Waals surface area contributed by atoms with Gasteiger partial charge in [-0.25, -0.2) is 0 Å². The van der Waals surface area contributed by atoms with Gasteiger partial charge in [0.25, 0.3) is 11.5 Å². The molecule has 0 saturated heterocycles. The summed E-state index contributed by atoms with van der Waals surface area (Å²) in [5, 5.41) is 12.2. The number of benzene rings is 2. The van der Waals surface area contributed by atoms with E-state index in [2.05, 4.69) is 5.32 Å². The lowest BCUT2D eigenvalue weighted by molar-refractivity contribution is -0.142. The standard InChI is InChI=1S/C23H19F3N2O3S/c1-11-3-5-14-17(7-11)32-18-8-12(2)4-6-15(18)19(14)27-21(30)16-9-13(10-29)20(23(24,25)26)28-22(16)31/h3-9,19,29H,10H2,1-2H3,(H,27,30)(H,28,31). The number of carbonyl (C=O) groups is 1. The van der Waals surface area contributed by atoms with Crippen LogP contribution >= 0.6 is 11.8 Å². The van der Waals surface area contributed by atoms with Gasteiger partial charge >= 0.3 is 6.18 Å². The maximum absolute atomic E-state index is 13.1. The number of fused-ring (bicyclic) bond motifs is 2. The van der Waals surface area contributed by atoms with Crippen molar-refractivity contribution >= 4 is 17.7 Å². The third-order valence-electron chi connectivity index (χ3n) is 5.28. The van der Waals surface area contributed by atoms with Crippen molar-refractivity contribution in [3.63, 3.8) is 0 Å². The summed E-state index contributed by atoms with van der Waals surface area (Å²) in [4.78, 5) is 28.9. The van der Waals surface area contributed by atoms with Crippen LogP contribution in [0.15, 0.2) is 57.1 Å². The van der Waals surface area contributed by atoms with Crippen molar-refractivity contribution in [1.82, 2.24) is 10.3 Å². The molecule has 0 aliphatic carbocycles. The minimum atomic E-state index is -4.86. The topological polar surface area (TPSA) is 82.2 Å². The molecule has 1 aromatic heterocycles. The van der Waals surface area contributed by atoms with Gasteiger partial charge in [0.2, 0.25) is 0 Å². The van der Waals surface area contributed by atoms with E-state index < -0.39 is 47.1 Å². The SMILES string of the molecule is Cc1ccc2c(c1)Sc1cc(C)ccc1C2NC(=O)c1cc(CO)c(C(F)(F)F)[nH]c1=O. The van der Waals surface area contributed by atoms with Crippen LogP contribution in [-0.2, 0) is 12.8 Å². The van der Waals surface area contributed by atoms with Crippen LogP contribution in [-0.4, -0.2) is 16.0 Å². The van der Waals surface area contributed by atoms with E-state index in [1.165, 1.54) is 0 Å². The summed E-state index contributed by atoms with van der Waals surface area (Å²) < 4.78 is 39.4. The fraction of sp³-hybridized carbons (Fsp3) is 0.217. The van der Waals surface area contributed by atoms with Crippen LogP contribution in [0.3, 0.4) is 0 Å². The summed E-state index contributed by atoms with van der Waals surface area (Å²) in [6, 6.07) is 11.8. The number of hydrogen-bond acceptors (Lipinski definition) is 4. The van der Waals surface area contributed by atoms with Gasteiger partial charge in [0.15, 0.2) is 0 Å². The number of carbonyl (C=O) groups excluding carboxylic acids is 1. The van der Waals surface area contributed by atoms with E-state index in [1.54, 1.807) is 16.7 Å². The van der Waals surface area contributed by atoms with Gasteiger partial charge in [-0.15, -0.1) is 0 Å². The summed E-state index contributed by atoms with van der Waals surface area (Å²) in [5.74, 6) is -0.829. The van der Waals surface area contributed by atoms with E-state index >= 15 is 0 Å². The van der Waals surface area contributed by atoms with Crippen molar-refractivity contribution in [1.29, 1.82) is 0 Å². The van der Waals surface area contributed by atoms with E-state index in [0.717, 1.165) is 38.1 Å². The van der Waals surface area contributed by atoms with Gasteiger partial charge in [0.1, 0.15) is 11.3 Å². The average molecular weight is 460 g/mol. The summed E-state index contributed by atoms with van der Waals surface area (Å²) in [7, 11) is 0. The van der Waals surface area contributed by atoms with Crippen LogP contribution in [0.2, 0.25) is 0 Å².